The molecule has 5 heteroatoms. The van der Waals surface area contributed by atoms with Crippen LogP contribution < -0.4 is 0 Å². The second-order valence-corrected chi connectivity index (χ2v) is 7.28. The Bertz CT molecular complexity index is 1030. The summed E-state index contributed by atoms with van der Waals surface area (Å²) in [4.78, 5) is 8.43. The van der Waals surface area contributed by atoms with Crippen LogP contribution in [-0.2, 0) is 0 Å². The molecule has 1 N–H and O–H groups in total. The second-order valence-electron chi connectivity index (χ2n) is 4.96. The lowest BCUT2D eigenvalue weighted by Crippen LogP contribution is -1.75. The maximum absolute atomic E-state index is 9.46. The van der Waals surface area contributed by atoms with Crippen LogP contribution in [0.1, 0.15) is 5.56 Å². The van der Waals surface area contributed by atoms with Crippen LogP contribution in [-0.4, -0.2) is 9.97 Å². The summed E-state index contributed by atoms with van der Waals surface area (Å²) in [6.45, 7) is 0. The van der Waals surface area contributed by atoms with E-state index in [0.29, 0.717) is 4.91 Å². The summed E-state index contributed by atoms with van der Waals surface area (Å²) in [7, 11) is 0. The molecular weight excluding hydrogens is 322 g/mol. The van der Waals surface area contributed by atoms with Crippen molar-refractivity contribution >= 4 is 50.3 Å². The normalized spacial score (nSPS) is 11.9. The molecule has 0 aliphatic rings. The largest absolute Gasteiger partial charge is 0.361 e. The summed E-state index contributed by atoms with van der Waals surface area (Å²) in [5.41, 5.74) is 3.07. The zero-order chi connectivity index (χ0) is 15.6. The summed E-state index contributed by atoms with van der Waals surface area (Å²) in [6, 6.07) is 18.4. The maximum Gasteiger partial charge on any atom is 0.156 e. The standard InChI is InChI=1S/C18H11N3S2/c19-10-13(9-12-11-20-15-6-2-1-5-14(12)15)22-18-21-16-7-3-4-8-17(16)23-18/h1-9,11,20H/b13-9-. The Balaban J connectivity index is 1.69. The van der Waals surface area contributed by atoms with Gasteiger partial charge < -0.3 is 4.98 Å². The summed E-state index contributed by atoms with van der Waals surface area (Å²) in [6.07, 6.45) is 3.84. The van der Waals surface area contributed by atoms with Crippen LogP contribution in [0.3, 0.4) is 0 Å². The molecule has 0 radical (unpaired) electrons. The van der Waals surface area contributed by atoms with Crippen LogP contribution in [0.15, 0.2) is 64.0 Å². The van der Waals surface area contributed by atoms with E-state index < -0.39 is 0 Å². The third-order valence-electron chi connectivity index (χ3n) is 3.49. The van der Waals surface area contributed by atoms with Crippen molar-refractivity contribution in [2.75, 3.05) is 0 Å². The van der Waals surface area contributed by atoms with Crippen molar-refractivity contribution in [2.45, 2.75) is 4.34 Å². The first-order chi connectivity index (χ1) is 11.3. The minimum absolute atomic E-state index is 0.633. The van der Waals surface area contributed by atoms with Gasteiger partial charge in [0.05, 0.1) is 15.1 Å². The Kier molecular flexibility index (Phi) is 3.62. The summed E-state index contributed by atoms with van der Waals surface area (Å²) < 4.78 is 2.03. The van der Waals surface area contributed by atoms with Crippen molar-refractivity contribution in [2.24, 2.45) is 0 Å². The van der Waals surface area contributed by atoms with E-state index in [1.807, 2.05) is 54.7 Å². The van der Waals surface area contributed by atoms with Gasteiger partial charge in [-0.3, -0.25) is 0 Å². The van der Waals surface area contributed by atoms with Crippen LogP contribution in [0.4, 0.5) is 0 Å². The first-order valence-corrected chi connectivity index (χ1v) is 8.68. The Morgan fingerprint density at radius 2 is 2.00 bits per heavy atom. The molecule has 4 rings (SSSR count). The molecule has 0 aliphatic heterocycles. The quantitative estimate of drug-likeness (QED) is 0.401. The zero-order valence-corrected chi connectivity index (χ0v) is 13.6. The van der Waals surface area contributed by atoms with Crippen LogP contribution in [0.25, 0.3) is 27.2 Å². The molecule has 110 valence electrons. The number of hydrogen-bond acceptors (Lipinski definition) is 4. The highest BCUT2D eigenvalue weighted by Gasteiger charge is 2.08. The number of aromatic nitrogens is 2. The molecule has 0 aliphatic carbocycles. The van der Waals surface area contributed by atoms with Gasteiger partial charge in [-0.25, -0.2) is 4.98 Å². The molecule has 0 saturated carbocycles. The lowest BCUT2D eigenvalue weighted by Gasteiger charge is -1.95. The maximum atomic E-state index is 9.46. The number of thiazole rings is 1. The molecule has 2 aromatic carbocycles. The van der Waals surface area contributed by atoms with Gasteiger partial charge >= 0.3 is 0 Å². The van der Waals surface area contributed by atoms with E-state index in [-0.39, 0.29) is 0 Å². The molecule has 0 spiro atoms. The van der Waals surface area contributed by atoms with Crippen LogP contribution in [0.5, 0.6) is 0 Å². The highest BCUT2D eigenvalue weighted by Crippen LogP contribution is 2.35. The van der Waals surface area contributed by atoms with E-state index in [9.17, 15) is 5.26 Å². The zero-order valence-electron chi connectivity index (χ0n) is 12.0. The molecule has 0 bridgehead atoms. The highest BCUT2D eigenvalue weighted by molar-refractivity contribution is 8.05. The number of benzene rings is 2. The fourth-order valence-corrected chi connectivity index (χ4v) is 4.39. The Morgan fingerprint density at radius 1 is 1.17 bits per heavy atom. The Hall–Kier alpha value is -2.55. The van der Waals surface area contributed by atoms with Crippen molar-refractivity contribution in [1.29, 1.82) is 5.26 Å². The molecule has 4 aromatic rings. The number of H-pyrrole nitrogens is 1. The smallest absolute Gasteiger partial charge is 0.156 e. The van der Waals surface area contributed by atoms with Crippen molar-refractivity contribution in [3.63, 3.8) is 0 Å². The number of nitrogens with one attached hydrogen (secondary N) is 1. The van der Waals surface area contributed by atoms with Gasteiger partial charge in [0.15, 0.2) is 4.34 Å². The van der Waals surface area contributed by atoms with E-state index >= 15 is 0 Å². The average molecular weight is 333 g/mol. The van der Waals surface area contributed by atoms with Gasteiger partial charge in [-0.1, -0.05) is 30.3 Å². The molecule has 0 saturated heterocycles. The molecule has 0 atom stereocenters. The number of nitriles is 1. The van der Waals surface area contributed by atoms with Gasteiger partial charge in [-0.2, -0.15) is 5.26 Å². The number of allylic oxidation sites excluding steroid dienone is 1. The first kappa shape index (κ1) is 14.1. The molecule has 0 amide bonds. The first-order valence-electron chi connectivity index (χ1n) is 7.05. The van der Waals surface area contributed by atoms with Crippen molar-refractivity contribution in [3.8, 4) is 6.07 Å². The summed E-state index contributed by atoms with van der Waals surface area (Å²) in [5.74, 6) is 0. The van der Waals surface area contributed by atoms with E-state index in [4.69, 9.17) is 0 Å². The predicted molar refractivity (Wildman–Crippen MR) is 97.4 cm³/mol. The van der Waals surface area contributed by atoms with Crippen molar-refractivity contribution in [3.05, 3.63) is 65.2 Å². The molecule has 0 unspecified atom stereocenters. The van der Waals surface area contributed by atoms with E-state index in [0.717, 1.165) is 31.0 Å². The third kappa shape index (κ3) is 2.74. The van der Waals surface area contributed by atoms with Gasteiger partial charge in [0, 0.05) is 22.7 Å². The number of para-hydroxylation sites is 2. The van der Waals surface area contributed by atoms with E-state index in [1.54, 1.807) is 11.3 Å². The molecule has 2 aromatic heterocycles. The second kappa shape index (κ2) is 5.92. The van der Waals surface area contributed by atoms with Crippen molar-refractivity contribution < 1.29 is 0 Å². The fourth-order valence-electron chi connectivity index (χ4n) is 2.43. The molecule has 3 nitrogen and oxygen atoms in total. The SMILES string of the molecule is N#C/C(=C/c1c[nH]c2ccccc12)Sc1nc2ccccc2s1. The lowest BCUT2D eigenvalue weighted by atomic mass is 10.1. The topological polar surface area (TPSA) is 52.5 Å². The fraction of sp³-hybridized carbons (Fsp3) is 0. The molecule has 2 heterocycles. The van der Waals surface area contributed by atoms with E-state index in [1.165, 1.54) is 11.8 Å². The minimum Gasteiger partial charge on any atom is -0.361 e. The number of thioether (sulfide) groups is 1. The van der Waals surface area contributed by atoms with Gasteiger partial charge in [0.25, 0.3) is 0 Å². The molecule has 23 heavy (non-hydrogen) atoms. The lowest BCUT2D eigenvalue weighted by molar-refractivity contribution is 1.31. The van der Waals surface area contributed by atoms with Gasteiger partial charge in [-0.15, -0.1) is 11.3 Å². The van der Waals surface area contributed by atoms with Crippen LogP contribution >= 0.6 is 23.1 Å². The van der Waals surface area contributed by atoms with Crippen LogP contribution in [0.2, 0.25) is 0 Å². The van der Waals surface area contributed by atoms with E-state index in [2.05, 4.69) is 22.1 Å². The highest BCUT2D eigenvalue weighted by atomic mass is 32.2. The molecule has 0 fully saturated rings. The predicted octanol–water partition coefficient (Wildman–Crippen LogP) is 5.43. The van der Waals surface area contributed by atoms with Gasteiger partial charge in [0.1, 0.15) is 6.07 Å². The van der Waals surface area contributed by atoms with Gasteiger partial charge in [0.2, 0.25) is 0 Å². The minimum atomic E-state index is 0.633. The monoisotopic (exact) mass is 333 g/mol. The number of hydrogen-bond donors (Lipinski definition) is 1. The summed E-state index contributed by atoms with van der Waals surface area (Å²) >= 11 is 3.02. The number of aromatic amines is 1. The van der Waals surface area contributed by atoms with Gasteiger partial charge in [-0.05, 0) is 36.0 Å². The summed E-state index contributed by atoms with van der Waals surface area (Å²) in [5, 5.41) is 10.6. The Morgan fingerprint density at radius 3 is 2.87 bits per heavy atom. The average Bonchev–Trinajstić information content (AvgIpc) is 3.18. The number of rotatable bonds is 3. The number of fused-ring (bicyclic) bond motifs is 2. The van der Waals surface area contributed by atoms with Crippen molar-refractivity contribution in [1.82, 2.24) is 9.97 Å². The third-order valence-corrected chi connectivity index (χ3v) is 5.52. The Labute approximate surface area is 141 Å². The molecular formula is C18H11N3S2. The van der Waals surface area contributed by atoms with Crippen LogP contribution in [0, 0.1) is 11.3 Å². The number of nitrogens with zero attached hydrogens (tertiary/aromatic N) is 2.